The molecule has 1 atom stereocenters. The van der Waals surface area contributed by atoms with Gasteiger partial charge in [-0.15, -0.1) is 0 Å². The van der Waals surface area contributed by atoms with Crippen molar-refractivity contribution in [1.29, 1.82) is 0 Å². The van der Waals surface area contributed by atoms with Gasteiger partial charge in [0.25, 0.3) is 11.5 Å². The Balaban J connectivity index is 1.54. The van der Waals surface area contributed by atoms with Gasteiger partial charge < -0.3 is 10.3 Å². The zero-order valence-electron chi connectivity index (χ0n) is 16.5. The predicted octanol–water partition coefficient (Wildman–Crippen LogP) is 2.53. The second-order valence-electron chi connectivity index (χ2n) is 7.79. The Morgan fingerprint density at radius 1 is 1.25 bits per heavy atom. The standard InChI is InChI=1S/C22H28N4O2/c1-2-26-9-5-6-17(26)13-24-21(27)16-10-15(11-23-12-16)20-14-25-22(28)19-8-4-3-7-18(19)20/h10-12,14,17H,2-9,13H2,1H3,(H,24,27)(H,25,28). The van der Waals surface area contributed by atoms with Crippen LogP contribution in [0.1, 0.15) is 54.1 Å². The molecule has 0 aromatic carbocycles. The minimum atomic E-state index is -0.0874. The van der Waals surface area contributed by atoms with Crippen LogP contribution < -0.4 is 10.9 Å². The molecular weight excluding hydrogens is 352 g/mol. The highest BCUT2D eigenvalue weighted by Crippen LogP contribution is 2.29. The molecule has 1 aliphatic heterocycles. The number of rotatable bonds is 5. The van der Waals surface area contributed by atoms with Crippen molar-refractivity contribution >= 4 is 5.91 Å². The van der Waals surface area contributed by atoms with Crippen molar-refractivity contribution in [1.82, 2.24) is 20.2 Å². The number of fused-ring (bicyclic) bond motifs is 1. The van der Waals surface area contributed by atoms with E-state index in [0.29, 0.717) is 18.2 Å². The topological polar surface area (TPSA) is 78.1 Å². The maximum absolute atomic E-state index is 12.7. The van der Waals surface area contributed by atoms with Gasteiger partial charge >= 0.3 is 0 Å². The van der Waals surface area contributed by atoms with E-state index in [4.69, 9.17) is 0 Å². The second kappa shape index (κ2) is 8.27. The Hall–Kier alpha value is -2.47. The van der Waals surface area contributed by atoms with E-state index < -0.39 is 0 Å². The molecule has 0 radical (unpaired) electrons. The Kier molecular flexibility index (Phi) is 5.57. The molecule has 1 saturated heterocycles. The number of likely N-dealkylation sites (N-methyl/N-ethyl adjacent to an activating group) is 1. The highest BCUT2D eigenvalue weighted by molar-refractivity contribution is 5.95. The van der Waals surface area contributed by atoms with Crippen molar-refractivity contribution in [2.24, 2.45) is 0 Å². The van der Waals surface area contributed by atoms with E-state index in [1.807, 2.05) is 6.07 Å². The number of carbonyl (C=O) groups is 1. The molecule has 2 aromatic heterocycles. The van der Waals surface area contributed by atoms with E-state index in [1.165, 1.54) is 6.42 Å². The number of H-pyrrole nitrogens is 1. The lowest BCUT2D eigenvalue weighted by Crippen LogP contribution is -2.40. The Bertz CT molecular complexity index is 921. The lowest BCUT2D eigenvalue weighted by Gasteiger charge is -2.23. The third kappa shape index (κ3) is 3.74. The van der Waals surface area contributed by atoms with Crippen molar-refractivity contribution in [3.63, 3.8) is 0 Å². The van der Waals surface area contributed by atoms with Crippen molar-refractivity contribution in [2.75, 3.05) is 19.6 Å². The zero-order chi connectivity index (χ0) is 19.5. The van der Waals surface area contributed by atoms with Gasteiger partial charge in [-0.3, -0.25) is 19.5 Å². The summed E-state index contributed by atoms with van der Waals surface area (Å²) in [6.45, 7) is 4.98. The average molecular weight is 380 g/mol. The van der Waals surface area contributed by atoms with Gasteiger partial charge in [0.05, 0.1) is 5.56 Å². The lowest BCUT2D eigenvalue weighted by atomic mass is 9.88. The summed E-state index contributed by atoms with van der Waals surface area (Å²) in [7, 11) is 0. The molecule has 3 heterocycles. The monoisotopic (exact) mass is 380 g/mol. The quantitative estimate of drug-likeness (QED) is 0.836. The van der Waals surface area contributed by atoms with Gasteiger partial charge in [0.1, 0.15) is 0 Å². The molecule has 1 aliphatic carbocycles. The summed E-state index contributed by atoms with van der Waals surface area (Å²) in [5, 5.41) is 3.08. The van der Waals surface area contributed by atoms with Crippen LogP contribution in [0.5, 0.6) is 0 Å². The van der Waals surface area contributed by atoms with Crippen LogP contribution in [-0.4, -0.2) is 46.5 Å². The molecule has 0 spiro atoms. The van der Waals surface area contributed by atoms with Crippen molar-refractivity contribution in [3.05, 3.63) is 51.7 Å². The van der Waals surface area contributed by atoms with Crippen LogP contribution in [0.3, 0.4) is 0 Å². The fraction of sp³-hybridized carbons (Fsp3) is 0.500. The van der Waals surface area contributed by atoms with Gasteiger partial charge in [-0.05, 0) is 63.2 Å². The highest BCUT2D eigenvalue weighted by Gasteiger charge is 2.23. The number of nitrogens with zero attached hydrogens (tertiary/aromatic N) is 2. The molecule has 0 saturated carbocycles. The maximum atomic E-state index is 12.7. The average Bonchev–Trinajstić information content (AvgIpc) is 3.20. The number of aromatic nitrogens is 2. The van der Waals surface area contributed by atoms with Crippen LogP contribution in [0.15, 0.2) is 29.5 Å². The highest BCUT2D eigenvalue weighted by atomic mass is 16.1. The van der Waals surface area contributed by atoms with Crippen LogP contribution in [0, 0.1) is 0 Å². The summed E-state index contributed by atoms with van der Waals surface area (Å²) in [5.74, 6) is -0.0874. The molecule has 6 nitrogen and oxygen atoms in total. The van der Waals surface area contributed by atoms with E-state index >= 15 is 0 Å². The number of nitrogens with one attached hydrogen (secondary N) is 2. The second-order valence-corrected chi connectivity index (χ2v) is 7.79. The normalized spacial score (nSPS) is 19.4. The summed E-state index contributed by atoms with van der Waals surface area (Å²) < 4.78 is 0. The van der Waals surface area contributed by atoms with Gasteiger partial charge in [0.15, 0.2) is 0 Å². The number of aromatic amines is 1. The van der Waals surface area contributed by atoms with E-state index in [-0.39, 0.29) is 11.5 Å². The van der Waals surface area contributed by atoms with Gasteiger partial charge in [-0.1, -0.05) is 6.92 Å². The maximum Gasteiger partial charge on any atom is 0.252 e. The molecule has 28 heavy (non-hydrogen) atoms. The molecule has 1 unspecified atom stereocenters. The van der Waals surface area contributed by atoms with Crippen LogP contribution in [0.4, 0.5) is 0 Å². The number of amides is 1. The summed E-state index contributed by atoms with van der Waals surface area (Å²) in [5.41, 5.74) is 4.45. The molecule has 148 valence electrons. The third-order valence-corrected chi connectivity index (χ3v) is 6.13. The van der Waals surface area contributed by atoms with Crippen molar-refractivity contribution < 1.29 is 4.79 Å². The van der Waals surface area contributed by atoms with Crippen LogP contribution in [-0.2, 0) is 12.8 Å². The minimum absolute atomic E-state index is 0.0114. The van der Waals surface area contributed by atoms with Crippen molar-refractivity contribution in [3.8, 4) is 11.1 Å². The number of carbonyl (C=O) groups excluding carboxylic acids is 1. The molecule has 2 aromatic rings. The van der Waals surface area contributed by atoms with Crippen molar-refractivity contribution in [2.45, 2.75) is 51.5 Å². The SMILES string of the molecule is CCN1CCCC1CNC(=O)c1cncc(-c2c[nH]c(=O)c3c2CCCC3)c1. The fourth-order valence-electron chi connectivity index (χ4n) is 4.59. The number of hydrogen-bond acceptors (Lipinski definition) is 4. The number of likely N-dealkylation sites (tertiary alicyclic amines) is 1. The first-order valence-corrected chi connectivity index (χ1v) is 10.4. The first kappa shape index (κ1) is 18.9. The third-order valence-electron chi connectivity index (χ3n) is 6.13. The van der Waals surface area contributed by atoms with Crippen LogP contribution in [0.25, 0.3) is 11.1 Å². The van der Waals surface area contributed by atoms with Gasteiger partial charge in [0, 0.05) is 47.9 Å². The van der Waals surface area contributed by atoms with E-state index in [9.17, 15) is 9.59 Å². The molecule has 1 amide bonds. The Labute approximate surface area is 165 Å². The van der Waals surface area contributed by atoms with Gasteiger partial charge in [-0.25, -0.2) is 0 Å². The van der Waals surface area contributed by atoms with Gasteiger partial charge in [-0.2, -0.15) is 0 Å². The molecule has 4 rings (SSSR count). The Morgan fingerprint density at radius 2 is 2.07 bits per heavy atom. The summed E-state index contributed by atoms with van der Waals surface area (Å²) in [6, 6.07) is 2.31. The molecule has 6 heteroatoms. The summed E-state index contributed by atoms with van der Waals surface area (Å²) in [4.78, 5) is 34.4. The molecular formula is C22H28N4O2. The van der Waals surface area contributed by atoms with Crippen LogP contribution >= 0.6 is 0 Å². The van der Waals surface area contributed by atoms with E-state index in [1.54, 1.807) is 18.6 Å². The van der Waals surface area contributed by atoms with Crippen LogP contribution in [0.2, 0.25) is 0 Å². The molecule has 0 bridgehead atoms. The first-order valence-electron chi connectivity index (χ1n) is 10.4. The minimum Gasteiger partial charge on any atom is -0.350 e. The Morgan fingerprint density at radius 3 is 2.89 bits per heavy atom. The smallest absolute Gasteiger partial charge is 0.252 e. The lowest BCUT2D eigenvalue weighted by molar-refractivity contribution is 0.0941. The molecule has 2 N–H and O–H groups in total. The summed E-state index contributed by atoms with van der Waals surface area (Å²) in [6.07, 6.45) is 11.4. The first-order chi connectivity index (χ1) is 13.7. The fourth-order valence-corrected chi connectivity index (χ4v) is 4.59. The molecule has 1 fully saturated rings. The number of hydrogen-bond donors (Lipinski definition) is 2. The molecule has 2 aliphatic rings. The predicted molar refractivity (Wildman–Crippen MR) is 110 cm³/mol. The van der Waals surface area contributed by atoms with Gasteiger partial charge in [0.2, 0.25) is 0 Å². The van der Waals surface area contributed by atoms with E-state index in [0.717, 1.165) is 67.4 Å². The summed E-state index contributed by atoms with van der Waals surface area (Å²) >= 11 is 0. The zero-order valence-corrected chi connectivity index (χ0v) is 16.5. The van der Waals surface area contributed by atoms with E-state index in [2.05, 4.69) is 27.1 Å². The number of pyridine rings is 2. The largest absolute Gasteiger partial charge is 0.350 e.